The molecule has 0 aliphatic rings. The average Bonchev–Trinajstić information content (AvgIpc) is 2.27. The van der Waals surface area contributed by atoms with E-state index in [0.29, 0.717) is 12.5 Å². The van der Waals surface area contributed by atoms with E-state index >= 15 is 0 Å². The van der Waals surface area contributed by atoms with Crippen LogP contribution in [0.2, 0.25) is 0 Å². The number of aryl methyl sites for hydroxylation is 1. The SMILES string of the molecule is CCC(N)COc1cc(C(C)C)ccc1C. The van der Waals surface area contributed by atoms with Gasteiger partial charge in [0.1, 0.15) is 12.4 Å². The lowest BCUT2D eigenvalue weighted by atomic mass is 10.0. The van der Waals surface area contributed by atoms with E-state index < -0.39 is 0 Å². The molecule has 0 aromatic heterocycles. The molecular weight excluding hydrogens is 198 g/mol. The van der Waals surface area contributed by atoms with Crippen molar-refractivity contribution in [1.29, 1.82) is 0 Å². The first kappa shape index (κ1) is 13.0. The van der Waals surface area contributed by atoms with Crippen LogP contribution >= 0.6 is 0 Å². The molecule has 0 saturated heterocycles. The van der Waals surface area contributed by atoms with Crippen LogP contribution in [0.5, 0.6) is 5.75 Å². The highest BCUT2D eigenvalue weighted by Gasteiger charge is 2.06. The molecule has 2 heteroatoms. The first-order valence-electron chi connectivity index (χ1n) is 6.03. The molecule has 1 unspecified atom stereocenters. The van der Waals surface area contributed by atoms with E-state index in [4.69, 9.17) is 10.5 Å². The highest BCUT2D eigenvalue weighted by molar-refractivity contribution is 5.37. The largest absolute Gasteiger partial charge is 0.492 e. The van der Waals surface area contributed by atoms with Crippen molar-refractivity contribution >= 4 is 0 Å². The van der Waals surface area contributed by atoms with Gasteiger partial charge in [-0.3, -0.25) is 0 Å². The molecule has 1 aromatic carbocycles. The van der Waals surface area contributed by atoms with E-state index in [1.807, 2.05) is 0 Å². The van der Waals surface area contributed by atoms with Crippen molar-refractivity contribution in [2.75, 3.05) is 6.61 Å². The topological polar surface area (TPSA) is 35.2 Å². The lowest BCUT2D eigenvalue weighted by molar-refractivity contribution is 0.283. The van der Waals surface area contributed by atoms with Gasteiger partial charge in [-0.05, 0) is 36.5 Å². The lowest BCUT2D eigenvalue weighted by Gasteiger charge is -2.15. The van der Waals surface area contributed by atoms with Gasteiger partial charge in [0.2, 0.25) is 0 Å². The van der Waals surface area contributed by atoms with E-state index in [-0.39, 0.29) is 6.04 Å². The number of hydrogen-bond acceptors (Lipinski definition) is 2. The second kappa shape index (κ2) is 5.90. The van der Waals surface area contributed by atoms with Gasteiger partial charge in [0, 0.05) is 6.04 Å². The molecule has 0 saturated carbocycles. The Balaban J connectivity index is 2.74. The maximum absolute atomic E-state index is 5.84. The summed E-state index contributed by atoms with van der Waals surface area (Å²) in [5.74, 6) is 1.50. The molecule has 90 valence electrons. The van der Waals surface area contributed by atoms with Gasteiger partial charge < -0.3 is 10.5 Å². The van der Waals surface area contributed by atoms with Gasteiger partial charge in [-0.1, -0.05) is 32.9 Å². The van der Waals surface area contributed by atoms with Crippen LogP contribution in [0.3, 0.4) is 0 Å². The minimum Gasteiger partial charge on any atom is -0.492 e. The average molecular weight is 221 g/mol. The van der Waals surface area contributed by atoms with Gasteiger partial charge in [-0.15, -0.1) is 0 Å². The second-order valence-electron chi connectivity index (χ2n) is 4.66. The molecular formula is C14H23NO. The van der Waals surface area contributed by atoms with Gasteiger partial charge in [0.25, 0.3) is 0 Å². The summed E-state index contributed by atoms with van der Waals surface area (Å²) in [7, 11) is 0. The summed E-state index contributed by atoms with van der Waals surface area (Å²) in [5.41, 5.74) is 8.33. The maximum atomic E-state index is 5.84. The molecule has 0 amide bonds. The Morgan fingerprint density at radius 1 is 1.31 bits per heavy atom. The summed E-state index contributed by atoms with van der Waals surface area (Å²) in [6.45, 7) is 9.11. The summed E-state index contributed by atoms with van der Waals surface area (Å²) in [5, 5.41) is 0. The van der Waals surface area contributed by atoms with Gasteiger partial charge in [-0.2, -0.15) is 0 Å². The standard InChI is InChI=1S/C14H23NO/c1-5-13(15)9-16-14-8-12(10(2)3)7-6-11(14)4/h6-8,10,13H,5,9,15H2,1-4H3. The van der Waals surface area contributed by atoms with E-state index in [0.717, 1.165) is 12.2 Å². The highest BCUT2D eigenvalue weighted by Crippen LogP contribution is 2.24. The minimum atomic E-state index is 0.127. The molecule has 16 heavy (non-hydrogen) atoms. The predicted octanol–water partition coefficient (Wildman–Crippen LogP) is 3.23. The Kier molecular flexibility index (Phi) is 4.81. The number of ether oxygens (including phenoxy) is 1. The lowest BCUT2D eigenvalue weighted by Crippen LogP contribution is -2.26. The summed E-state index contributed by atoms with van der Waals surface area (Å²) >= 11 is 0. The zero-order valence-electron chi connectivity index (χ0n) is 10.8. The molecule has 0 fully saturated rings. The molecule has 1 rings (SSSR count). The third kappa shape index (κ3) is 3.53. The molecule has 1 atom stereocenters. The van der Waals surface area contributed by atoms with Crippen LogP contribution in [-0.4, -0.2) is 12.6 Å². The third-order valence-electron chi connectivity index (χ3n) is 2.86. The van der Waals surface area contributed by atoms with Crippen molar-refractivity contribution in [3.8, 4) is 5.75 Å². The van der Waals surface area contributed by atoms with Crippen LogP contribution in [0.4, 0.5) is 0 Å². The Hall–Kier alpha value is -1.02. The zero-order chi connectivity index (χ0) is 12.1. The maximum Gasteiger partial charge on any atom is 0.122 e. The Labute approximate surface area is 98.8 Å². The van der Waals surface area contributed by atoms with Crippen LogP contribution in [-0.2, 0) is 0 Å². The predicted molar refractivity (Wildman–Crippen MR) is 69.0 cm³/mol. The monoisotopic (exact) mass is 221 g/mol. The van der Waals surface area contributed by atoms with Crippen LogP contribution in [0.15, 0.2) is 18.2 Å². The van der Waals surface area contributed by atoms with E-state index in [1.165, 1.54) is 11.1 Å². The number of rotatable bonds is 5. The minimum absolute atomic E-state index is 0.127. The van der Waals surface area contributed by atoms with Crippen molar-refractivity contribution in [2.45, 2.75) is 46.1 Å². The first-order valence-corrected chi connectivity index (χ1v) is 6.03. The van der Waals surface area contributed by atoms with Crippen molar-refractivity contribution in [2.24, 2.45) is 5.73 Å². The van der Waals surface area contributed by atoms with Crippen molar-refractivity contribution in [1.82, 2.24) is 0 Å². The van der Waals surface area contributed by atoms with E-state index in [1.54, 1.807) is 0 Å². The Morgan fingerprint density at radius 3 is 2.56 bits per heavy atom. The molecule has 0 radical (unpaired) electrons. The number of nitrogens with two attached hydrogens (primary N) is 1. The van der Waals surface area contributed by atoms with Crippen molar-refractivity contribution < 1.29 is 4.74 Å². The molecule has 2 nitrogen and oxygen atoms in total. The fraction of sp³-hybridized carbons (Fsp3) is 0.571. The summed E-state index contributed by atoms with van der Waals surface area (Å²) in [6.07, 6.45) is 0.947. The molecule has 0 spiro atoms. The smallest absolute Gasteiger partial charge is 0.122 e. The summed E-state index contributed by atoms with van der Waals surface area (Å²) in [6, 6.07) is 6.53. The Morgan fingerprint density at radius 2 is 2.00 bits per heavy atom. The molecule has 0 heterocycles. The van der Waals surface area contributed by atoms with Crippen LogP contribution in [0.25, 0.3) is 0 Å². The van der Waals surface area contributed by atoms with Crippen LogP contribution < -0.4 is 10.5 Å². The van der Waals surface area contributed by atoms with Crippen molar-refractivity contribution in [3.63, 3.8) is 0 Å². The van der Waals surface area contributed by atoms with E-state index in [9.17, 15) is 0 Å². The Bertz CT molecular complexity index is 334. The number of hydrogen-bond donors (Lipinski definition) is 1. The van der Waals surface area contributed by atoms with Gasteiger partial charge in [-0.25, -0.2) is 0 Å². The van der Waals surface area contributed by atoms with Crippen LogP contribution in [0, 0.1) is 6.92 Å². The first-order chi connectivity index (χ1) is 7.54. The fourth-order valence-electron chi connectivity index (χ4n) is 1.45. The molecule has 2 N–H and O–H groups in total. The quantitative estimate of drug-likeness (QED) is 0.828. The number of benzene rings is 1. The normalized spacial score (nSPS) is 12.9. The third-order valence-corrected chi connectivity index (χ3v) is 2.86. The second-order valence-corrected chi connectivity index (χ2v) is 4.66. The summed E-state index contributed by atoms with van der Waals surface area (Å²) < 4.78 is 5.76. The molecule has 0 bridgehead atoms. The summed E-state index contributed by atoms with van der Waals surface area (Å²) in [4.78, 5) is 0. The molecule has 1 aromatic rings. The van der Waals surface area contributed by atoms with Gasteiger partial charge >= 0.3 is 0 Å². The zero-order valence-corrected chi connectivity index (χ0v) is 10.8. The fourth-order valence-corrected chi connectivity index (χ4v) is 1.45. The van der Waals surface area contributed by atoms with Gasteiger partial charge in [0.05, 0.1) is 0 Å². The van der Waals surface area contributed by atoms with Crippen molar-refractivity contribution in [3.05, 3.63) is 29.3 Å². The van der Waals surface area contributed by atoms with E-state index in [2.05, 4.69) is 45.9 Å². The van der Waals surface area contributed by atoms with Gasteiger partial charge in [0.15, 0.2) is 0 Å². The molecule has 0 aliphatic carbocycles. The van der Waals surface area contributed by atoms with Crippen LogP contribution in [0.1, 0.15) is 44.2 Å². The highest BCUT2D eigenvalue weighted by atomic mass is 16.5. The molecule has 0 aliphatic heterocycles.